The summed E-state index contributed by atoms with van der Waals surface area (Å²) in [5.41, 5.74) is 8.66. The van der Waals surface area contributed by atoms with E-state index in [2.05, 4.69) is 17.0 Å². The Morgan fingerprint density at radius 2 is 2.24 bits per heavy atom. The van der Waals surface area contributed by atoms with Gasteiger partial charge in [-0.05, 0) is 67.8 Å². The van der Waals surface area contributed by atoms with Gasteiger partial charge in [0.15, 0.2) is 0 Å². The van der Waals surface area contributed by atoms with Crippen LogP contribution in [0.3, 0.4) is 0 Å². The first-order valence-corrected chi connectivity index (χ1v) is 9.48. The van der Waals surface area contributed by atoms with Crippen LogP contribution in [0.15, 0.2) is 18.2 Å². The SMILES string of the molecule is COc1ccc2c(c1)[C@]13CCN(CC4CC4)[C@H](C2)C1OC(=O)C(N)C3. The second-order valence-corrected chi connectivity index (χ2v) is 8.31. The van der Waals surface area contributed by atoms with Gasteiger partial charge >= 0.3 is 5.97 Å². The number of rotatable bonds is 3. The predicted octanol–water partition coefficient (Wildman–Crippen LogP) is 1.62. The molecule has 5 nitrogen and oxygen atoms in total. The van der Waals surface area contributed by atoms with E-state index in [1.165, 1.54) is 24.0 Å². The summed E-state index contributed by atoms with van der Waals surface area (Å²) in [6.07, 6.45) is 5.24. The summed E-state index contributed by atoms with van der Waals surface area (Å²) < 4.78 is 11.5. The van der Waals surface area contributed by atoms with Crippen LogP contribution in [-0.4, -0.2) is 49.3 Å². The van der Waals surface area contributed by atoms with E-state index in [-0.39, 0.29) is 23.5 Å². The molecule has 3 fully saturated rings. The molecule has 0 aromatic heterocycles. The molecule has 1 aromatic rings. The maximum absolute atomic E-state index is 12.3. The molecular formula is C20H26N2O3. The second kappa shape index (κ2) is 5.45. The van der Waals surface area contributed by atoms with Gasteiger partial charge in [0.25, 0.3) is 0 Å². The van der Waals surface area contributed by atoms with Crippen molar-refractivity contribution in [2.24, 2.45) is 11.7 Å². The van der Waals surface area contributed by atoms with Crippen molar-refractivity contribution in [1.29, 1.82) is 0 Å². The van der Waals surface area contributed by atoms with Crippen LogP contribution < -0.4 is 10.5 Å². The predicted molar refractivity (Wildman–Crippen MR) is 93.6 cm³/mol. The average molecular weight is 342 g/mol. The van der Waals surface area contributed by atoms with Crippen molar-refractivity contribution in [1.82, 2.24) is 4.90 Å². The number of ether oxygens (including phenoxy) is 2. The molecule has 2 aliphatic heterocycles. The number of piperidine rings is 1. The van der Waals surface area contributed by atoms with Gasteiger partial charge in [-0.15, -0.1) is 0 Å². The molecule has 2 unspecified atom stereocenters. The lowest BCUT2D eigenvalue weighted by molar-refractivity contribution is -0.178. The minimum Gasteiger partial charge on any atom is -0.497 e. The van der Waals surface area contributed by atoms with Crippen LogP contribution in [0.1, 0.15) is 36.8 Å². The van der Waals surface area contributed by atoms with Gasteiger partial charge in [0.2, 0.25) is 0 Å². The van der Waals surface area contributed by atoms with Crippen molar-refractivity contribution in [3.8, 4) is 5.75 Å². The fourth-order valence-electron chi connectivity index (χ4n) is 5.35. The van der Waals surface area contributed by atoms with E-state index < -0.39 is 6.04 Å². The number of nitrogens with zero attached hydrogens (tertiary/aromatic N) is 1. The molecule has 2 aliphatic carbocycles. The molecule has 2 bridgehead atoms. The van der Waals surface area contributed by atoms with E-state index >= 15 is 0 Å². The molecule has 134 valence electrons. The summed E-state index contributed by atoms with van der Waals surface area (Å²) in [6, 6.07) is 6.16. The van der Waals surface area contributed by atoms with E-state index in [1.807, 2.05) is 6.07 Å². The molecule has 0 spiro atoms. The van der Waals surface area contributed by atoms with Crippen molar-refractivity contribution in [3.05, 3.63) is 29.3 Å². The lowest BCUT2D eigenvalue weighted by Gasteiger charge is -2.58. The number of esters is 1. The molecule has 25 heavy (non-hydrogen) atoms. The highest BCUT2D eigenvalue weighted by atomic mass is 16.5. The summed E-state index contributed by atoms with van der Waals surface area (Å²) in [4.78, 5) is 14.8. The Morgan fingerprint density at radius 3 is 3.00 bits per heavy atom. The molecule has 2 heterocycles. The van der Waals surface area contributed by atoms with Gasteiger partial charge in [-0.25, -0.2) is 0 Å². The minimum absolute atomic E-state index is 0.0769. The van der Waals surface area contributed by atoms with Gasteiger partial charge < -0.3 is 15.2 Å². The summed E-state index contributed by atoms with van der Waals surface area (Å²) in [5, 5.41) is 0. The largest absolute Gasteiger partial charge is 0.497 e. The fourth-order valence-corrected chi connectivity index (χ4v) is 5.35. The van der Waals surface area contributed by atoms with Crippen LogP contribution in [0, 0.1) is 5.92 Å². The zero-order chi connectivity index (χ0) is 17.2. The molecule has 2 saturated heterocycles. The second-order valence-electron chi connectivity index (χ2n) is 8.31. The van der Waals surface area contributed by atoms with Gasteiger partial charge in [-0.2, -0.15) is 0 Å². The van der Waals surface area contributed by atoms with Crippen molar-refractivity contribution in [3.63, 3.8) is 0 Å². The topological polar surface area (TPSA) is 64.8 Å². The molecule has 5 heteroatoms. The van der Waals surface area contributed by atoms with E-state index in [1.54, 1.807) is 7.11 Å². The van der Waals surface area contributed by atoms with Crippen LogP contribution in [0.25, 0.3) is 0 Å². The molecule has 1 saturated carbocycles. The van der Waals surface area contributed by atoms with Crippen molar-refractivity contribution < 1.29 is 14.3 Å². The Hall–Kier alpha value is -1.59. The quantitative estimate of drug-likeness (QED) is 0.846. The number of hydrogen-bond acceptors (Lipinski definition) is 5. The summed E-state index contributed by atoms with van der Waals surface area (Å²) in [5.74, 6) is 1.48. The zero-order valence-electron chi connectivity index (χ0n) is 14.7. The number of benzene rings is 1. The van der Waals surface area contributed by atoms with Crippen LogP contribution in [0.2, 0.25) is 0 Å². The van der Waals surface area contributed by atoms with Crippen LogP contribution in [0.5, 0.6) is 5.75 Å². The number of hydrogen-bond donors (Lipinski definition) is 1. The van der Waals surface area contributed by atoms with Crippen LogP contribution >= 0.6 is 0 Å². The molecule has 0 amide bonds. The van der Waals surface area contributed by atoms with Crippen LogP contribution in [0.4, 0.5) is 0 Å². The van der Waals surface area contributed by atoms with E-state index in [9.17, 15) is 4.79 Å². The third kappa shape index (κ3) is 2.32. The molecule has 0 radical (unpaired) electrons. The summed E-state index contributed by atoms with van der Waals surface area (Å²) in [6.45, 7) is 2.21. The molecule has 2 N–H and O–H groups in total. The van der Waals surface area contributed by atoms with Gasteiger partial charge in [-0.1, -0.05) is 6.07 Å². The normalized spacial score (nSPS) is 37.0. The number of fused-ring (bicyclic) bond motifs is 1. The van der Waals surface area contributed by atoms with E-state index in [4.69, 9.17) is 15.2 Å². The number of nitrogens with two attached hydrogens (primary N) is 1. The summed E-state index contributed by atoms with van der Waals surface area (Å²) >= 11 is 0. The minimum atomic E-state index is -0.524. The fraction of sp³-hybridized carbons (Fsp3) is 0.650. The van der Waals surface area contributed by atoms with E-state index in [0.717, 1.165) is 37.6 Å². The average Bonchev–Trinajstić information content (AvgIpc) is 3.42. The maximum Gasteiger partial charge on any atom is 0.323 e. The molecule has 4 atom stereocenters. The number of carbonyl (C=O) groups excluding carboxylic acids is 1. The maximum atomic E-state index is 12.3. The first-order chi connectivity index (χ1) is 12.1. The monoisotopic (exact) mass is 342 g/mol. The van der Waals surface area contributed by atoms with Crippen molar-refractivity contribution in [2.75, 3.05) is 20.2 Å². The number of carbonyl (C=O) groups is 1. The zero-order valence-corrected chi connectivity index (χ0v) is 14.7. The highest BCUT2D eigenvalue weighted by molar-refractivity contribution is 5.77. The smallest absolute Gasteiger partial charge is 0.323 e. The Morgan fingerprint density at radius 1 is 1.40 bits per heavy atom. The Kier molecular flexibility index (Phi) is 3.41. The molecular weight excluding hydrogens is 316 g/mol. The molecule has 4 aliphatic rings. The van der Waals surface area contributed by atoms with E-state index in [0.29, 0.717) is 6.42 Å². The van der Waals surface area contributed by atoms with Gasteiger partial charge in [0, 0.05) is 12.0 Å². The third-order valence-electron chi connectivity index (χ3n) is 6.81. The Bertz CT molecular complexity index is 717. The molecule has 5 rings (SSSR count). The summed E-state index contributed by atoms with van der Waals surface area (Å²) in [7, 11) is 1.70. The lowest BCUT2D eigenvalue weighted by atomic mass is 9.58. The Balaban J connectivity index is 1.60. The first kappa shape index (κ1) is 15.6. The lowest BCUT2D eigenvalue weighted by Crippen LogP contribution is -2.69. The first-order valence-electron chi connectivity index (χ1n) is 9.48. The number of likely N-dealkylation sites (tertiary alicyclic amines) is 1. The highest BCUT2D eigenvalue weighted by Crippen LogP contribution is 2.52. The standard InChI is InChI=1S/C20H26N2O3/c1-24-14-5-4-13-8-17-18-20(15(13)9-14,10-16(21)19(23)25-18)6-7-22(17)11-12-2-3-12/h4-5,9,12,16-18H,2-3,6-8,10-11,21H2,1H3/t16?,17-,18?,20-/m1/s1. The van der Waals surface area contributed by atoms with Gasteiger partial charge in [0.1, 0.15) is 17.9 Å². The molecule has 1 aromatic carbocycles. The van der Waals surface area contributed by atoms with Crippen molar-refractivity contribution >= 4 is 5.97 Å². The van der Waals surface area contributed by atoms with Gasteiger partial charge in [0.05, 0.1) is 13.2 Å². The van der Waals surface area contributed by atoms with Crippen LogP contribution in [-0.2, 0) is 21.4 Å². The van der Waals surface area contributed by atoms with Crippen molar-refractivity contribution in [2.45, 2.75) is 55.7 Å². The highest BCUT2D eigenvalue weighted by Gasteiger charge is 2.59. The Labute approximate surface area is 148 Å². The van der Waals surface area contributed by atoms with Gasteiger partial charge in [-0.3, -0.25) is 9.69 Å². The third-order valence-corrected chi connectivity index (χ3v) is 6.81. The number of methoxy groups -OCH3 is 1.